The van der Waals surface area contributed by atoms with Gasteiger partial charge in [-0.1, -0.05) is 29.8 Å². The van der Waals surface area contributed by atoms with Crippen LogP contribution in [0.4, 0.5) is 4.39 Å². The minimum Gasteiger partial charge on any atom is -0.409 e. The molecule has 0 aromatic heterocycles. The zero-order valence-electron chi connectivity index (χ0n) is 9.24. The van der Waals surface area contributed by atoms with Crippen LogP contribution < -0.4 is 8.91 Å². The van der Waals surface area contributed by atoms with E-state index in [1.54, 1.807) is 12.1 Å². The van der Waals surface area contributed by atoms with Crippen LogP contribution in [0, 0.1) is 5.82 Å². The summed E-state index contributed by atoms with van der Waals surface area (Å²) in [7, 11) is 0. The lowest BCUT2D eigenvalue weighted by molar-refractivity contribution is 0.598. The van der Waals surface area contributed by atoms with E-state index in [9.17, 15) is 4.39 Å². The molecule has 0 aliphatic carbocycles. The average molecular weight is 282 g/mol. The maximum atomic E-state index is 13.9. The zero-order chi connectivity index (χ0) is 12.5. The van der Waals surface area contributed by atoms with Gasteiger partial charge in [-0.3, -0.25) is 0 Å². The molecular weight excluding hydrogens is 273 g/mol. The lowest BCUT2D eigenvalue weighted by atomic mass is 10.0. The minimum absolute atomic E-state index is 0.344. The molecular formula is C13H9ClFNOS. The van der Waals surface area contributed by atoms with Crippen LogP contribution in [-0.4, -0.2) is 0 Å². The van der Waals surface area contributed by atoms with Gasteiger partial charge in [0.1, 0.15) is 18.0 Å². The summed E-state index contributed by atoms with van der Waals surface area (Å²) in [4.78, 5) is 0. The number of rotatable bonds is 1. The van der Waals surface area contributed by atoms with E-state index < -0.39 is 0 Å². The molecule has 0 spiro atoms. The Hall–Kier alpha value is -1.23. The molecule has 3 rings (SSSR count). The Balaban J connectivity index is 2.17. The molecule has 92 valence electrons. The van der Waals surface area contributed by atoms with E-state index in [1.807, 2.05) is 18.2 Å². The molecule has 0 unspecified atom stereocenters. The fraction of sp³-hybridized carbons (Fsp3) is 0.0769. The van der Waals surface area contributed by atoms with Crippen LogP contribution in [0.5, 0.6) is 5.75 Å². The molecule has 0 radical (unpaired) electrons. The fourth-order valence-corrected chi connectivity index (χ4v) is 2.63. The summed E-state index contributed by atoms with van der Waals surface area (Å²) >= 11 is 6.92. The standard InChI is InChI=1S/C13H9ClFNOS/c14-9-4-5-10(12(15)6-9)11-3-1-2-8-7-16-18-17-13(8)11/h1-6,16H,7H2. The molecule has 0 amide bonds. The summed E-state index contributed by atoms with van der Waals surface area (Å²) in [5, 5.41) is 0.387. The first kappa shape index (κ1) is 11.8. The summed E-state index contributed by atoms with van der Waals surface area (Å²) in [6.45, 7) is 0.697. The van der Waals surface area contributed by atoms with Gasteiger partial charge in [-0.15, -0.1) is 0 Å². The first-order chi connectivity index (χ1) is 8.75. The molecule has 0 saturated heterocycles. The first-order valence-electron chi connectivity index (χ1n) is 5.39. The van der Waals surface area contributed by atoms with Crippen LogP contribution in [0.15, 0.2) is 36.4 Å². The number of halogens is 2. The highest BCUT2D eigenvalue weighted by Gasteiger charge is 2.18. The Morgan fingerprint density at radius 3 is 2.94 bits per heavy atom. The Bertz CT molecular complexity index is 606. The van der Waals surface area contributed by atoms with Crippen molar-refractivity contribution in [1.82, 2.24) is 4.72 Å². The molecule has 18 heavy (non-hydrogen) atoms. The highest BCUT2D eigenvalue weighted by molar-refractivity contribution is 7.93. The largest absolute Gasteiger partial charge is 0.409 e. The van der Waals surface area contributed by atoms with Gasteiger partial charge in [-0.25, -0.2) is 9.11 Å². The Morgan fingerprint density at radius 2 is 2.11 bits per heavy atom. The van der Waals surface area contributed by atoms with E-state index in [0.29, 0.717) is 22.9 Å². The van der Waals surface area contributed by atoms with Crippen molar-refractivity contribution in [3.8, 4) is 16.9 Å². The Labute approximate surface area is 113 Å². The van der Waals surface area contributed by atoms with Crippen molar-refractivity contribution >= 4 is 23.8 Å². The molecule has 2 aromatic rings. The minimum atomic E-state index is -0.344. The van der Waals surface area contributed by atoms with Gasteiger partial charge in [0.15, 0.2) is 5.75 Å². The third-order valence-electron chi connectivity index (χ3n) is 2.76. The predicted molar refractivity (Wildman–Crippen MR) is 71.9 cm³/mol. The molecule has 0 atom stereocenters. The van der Waals surface area contributed by atoms with Gasteiger partial charge in [0, 0.05) is 28.3 Å². The van der Waals surface area contributed by atoms with Crippen LogP contribution in [0.1, 0.15) is 5.56 Å². The third kappa shape index (κ3) is 2.07. The van der Waals surface area contributed by atoms with Crippen LogP contribution in [0.3, 0.4) is 0 Å². The quantitative estimate of drug-likeness (QED) is 0.625. The normalized spacial score (nSPS) is 13.9. The summed E-state index contributed by atoms with van der Waals surface area (Å²) in [5.74, 6) is 0.366. The predicted octanol–water partition coefficient (Wildman–Crippen LogP) is 4.19. The lowest BCUT2D eigenvalue weighted by Crippen LogP contribution is -2.13. The summed E-state index contributed by atoms with van der Waals surface area (Å²) in [6.07, 6.45) is 0. The number of benzene rings is 2. The molecule has 1 heterocycles. The fourth-order valence-electron chi connectivity index (χ4n) is 1.92. The maximum absolute atomic E-state index is 13.9. The molecule has 1 aliphatic rings. The van der Waals surface area contributed by atoms with Crippen molar-refractivity contribution in [1.29, 1.82) is 0 Å². The topological polar surface area (TPSA) is 21.3 Å². The van der Waals surface area contributed by atoms with Crippen molar-refractivity contribution in [2.24, 2.45) is 0 Å². The molecule has 2 aromatic carbocycles. The molecule has 0 bridgehead atoms. The van der Waals surface area contributed by atoms with E-state index in [0.717, 1.165) is 23.4 Å². The number of nitrogens with one attached hydrogen (secondary N) is 1. The lowest BCUT2D eigenvalue weighted by Gasteiger charge is -2.19. The Kier molecular flexibility index (Phi) is 3.16. The molecule has 5 heteroatoms. The van der Waals surface area contributed by atoms with E-state index in [4.69, 9.17) is 15.8 Å². The smallest absolute Gasteiger partial charge is 0.151 e. The summed E-state index contributed by atoms with van der Waals surface area (Å²) in [6, 6.07) is 10.3. The average Bonchev–Trinajstić information content (AvgIpc) is 2.38. The third-order valence-corrected chi connectivity index (χ3v) is 3.51. The van der Waals surface area contributed by atoms with Crippen LogP contribution in [0.2, 0.25) is 5.02 Å². The molecule has 1 aliphatic heterocycles. The number of hydrogen-bond donors (Lipinski definition) is 1. The van der Waals surface area contributed by atoms with Gasteiger partial charge < -0.3 is 4.18 Å². The van der Waals surface area contributed by atoms with Crippen LogP contribution in [-0.2, 0) is 6.54 Å². The Morgan fingerprint density at radius 1 is 1.22 bits per heavy atom. The highest BCUT2D eigenvalue weighted by atomic mass is 35.5. The second-order valence-electron chi connectivity index (χ2n) is 3.91. The van der Waals surface area contributed by atoms with Gasteiger partial charge in [0.05, 0.1) is 0 Å². The number of hydrogen-bond acceptors (Lipinski definition) is 3. The van der Waals surface area contributed by atoms with Crippen LogP contribution >= 0.6 is 23.8 Å². The van der Waals surface area contributed by atoms with E-state index in [1.165, 1.54) is 6.07 Å². The van der Waals surface area contributed by atoms with E-state index >= 15 is 0 Å². The molecule has 0 saturated carbocycles. The monoisotopic (exact) mass is 281 g/mol. The van der Waals surface area contributed by atoms with Gasteiger partial charge in [-0.05, 0) is 18.2 Å². The zero-order valence-corrected chi connectivity index (χ0v) is 10.8. The van der Waals surface area contributed by atoms with Gasteiger partial charge >= 0.3 is 0 Å². The number of fused-ring (bicyclic) bond motifs is 1. The van der Waals surface area contributed by atoms with Crippen molar-refractivity contribution < 1.29 is 8.57 Å². The highest BCUT2D eigenvalue weighted by Crippen LogP contribution is 2.38. The second kappa shape index (κ2) is 4.80. The van der Waals surface area contributed by atoms with Crippen molar-refractivity contribution in [3.05, 3.63) is 52.8 Å². The van der Waals surface area contributed by atoms with E-state index in [-0.39, 0.29) is 5.82 Å². The molecule has 2 nitrogen and oxygen atoms in total. The maximum Gasteiger partial charge on any atom is 0.151 e. The SMILES string of the molecule is Fc1cc(Cl)ccc1-c1cccc2c1OSNC2. The first-order valence-corrected chi connectivity index (χ1v) is 6.51. The van der Waals surface area contributed by atoms with Gasteiger partial charge in [0.25, 0.3) is 0 Å². The van der Waals surface area contributed by atoms with Crippen LogP contribution in [0.25, 0.3) is 11.1 Å². The molecule has 1 N–H and O–H groups in total. The summed E-state index contributed by atoms with van der Waals surface area (Å²) < 4.78 is 22.5. The molecule has 0 fully saturated rings. The van der Waals surface area contributed by atoms with Gasteiger partial charge in [0.2, 0.25) is 0 Å². The summed E-state index contributed by atoms with van der Waals surface area (Å²) in [5.41, 5.74) is 2.26. The second-order valence-corrected chi connectivity index (χ2v) is 4.96. The van der Waals surface area contributed by atoms with Gasteiger partial charge in [-0.2, -0.15) is 0 Å². The van der Waals surface area contributed by atoms with Crippen molar-refractivity contribution in [3.63, 3.8) is 0 Å². The van der Waals surface area contributed by atoms with Crippen molar-refractivity contribution in [2.75, 3.05) is 0 Å². The van der Waals surface area contributed by atoms with Crippen molar-refractivity contribution in [2.45, 2.75) is 6.54 Å². The van der Waals surface area contributed by atoms with E-state index in [2.05, 4.69) is 4.72 Å². The number of para-hydroxylation sites is 1.